The Kier molecular flexibility index (Phi) is 4.66. The first-order valence-corrected chi connectivity index (χ1v) is 10.5. The second kappa shape index (κ2) is 6.56. The summed E-state index contributed by atoms with van der Waals surface area (Å²) in [6.45, 7) is 11.6. The minimum absolute atomic E-state index is 0.0685. The highest BCUT2D eigenvalue weighted by atomic mass is 16.6. The van der Waals surface area contributed by atoms with Gasteiger partial charge >= 0.3 is 11.9 Å². The zero-order valence-electron chi connectivity index (χ0n) is 17.4. The van der Waals surface area contributed by atoms with Crippen LogP contribution >= 0.6 is 0 Å². The molecule has 0 radical (unpaired) electrons. The Bertz CT molecular complexity index is 703. The van der Waals surface area contributed by atoms with Crippen molar-refractivity contribution in [2.24, 2.45) is 5.92 Å². The predicted molar refractivity (Wildman–Crippen MR) is 102 cm³/mol. The summed E-state index contributed by atoms with van der Waals surface area (Å²) in [6.07, 6.45) is 4.89. The molecule has 6 nitrogen and oxygen atoms in total. The molecule has 4 bridgehead atoms. The van der Waals surface area contributed by atoms with E-state index < -0.39 is 11.2 Å². The number of carbonyl (C=O) groups excluding carboxylic acids is 2. The number of epoxide rings is 1. The van der Waals surface area contributed by atoms with Crippen molar-refractivity contribution in [1.82, 2.24) is 0 Å². The molecule has 156 valence electrons. The Hall–Kier alpha value is -1.40. The van der Waals surface area contributed by atoms with Gasteiger partial charge < -0.3 is 18.9 Å². The Morgan fingerprint density at radius 2 is 1.64 bits per heavy atom. The normalized spacial score (nSPS) is 48.4. The Morgan fingerprint density at radius 3 is 2.36 bits per heavy atom. The second-order valence-corrected chi connectivity index (χ2v) is 9.71. The van der Waals surface area contributed by atoms with Crippen molar-refractivity contribution in [3.63, 3.8) is 0 Å². The Balaban J connectivity index is 1.67. The third-order valence-electron chi connectivity index (χ3n) is 7.49. The lowest BCUT2D eigenvalue weighted by atomic mass is 9.82. The number of rotatable bonds is 1. The summed E-state index contributed by atoms with van der Waals surface area (Å²) >= 11 is 0. The van der Waals surface area contributed by atoms with Gasteiger partial charge in [0, 0.05) is 12.5 Å². The monoisotopic (exact) mass is 392 g/mol. The molecule has 28 heavy (non-hydrogen) atoms. The molecule has 7 atom stereocenters. The van der Waals surface area contributed by atoms with Crippen LogP contribution in [-0.2, 0) is 28.5 Å². The van der Waals surface area contributed by atoms with E-state index in [4.69, 9.17) is 18.9 Å². The molecule has 0 aromatic heterocycles. The number of esters is 2. The van der Waals surface area contributed by atoms with Crippen molar-refractivity contribution in [3.05, 3.63) is 12.2 Å². The van der Waals surface area contributed by atoms with E-state index in [1.807, 2.05) is 13.8 Å². The fraction of sp³-hybridized carbons (Fsp3) is 0.818. The fourth-order valence-electron chi connectivity index (χ4n) is 5.32. The Morgan fingerprint density at radius 1 is 1.00 bits per heavy atom. The van der Waals surface area contributed by atoms with Crippen LogP contribution in [-0.4, -0.2) is 47.1 Å². The zero-order valence-corrected chi connectivity index (χ0v) is 17.4. The van der Waals surface area contributed by atoms with Crippen LogP contribution in [0.15, 0.2) is 12.2 Å². The van der Waals surface area contributed by atoms with E-state index in [1.54, 1.807) is 0 Å². The van der Waals surface area contributed by atoms with E-state index in [0.29, 0.717) is 12.0 Å². The molecule has 4 fully saturated rings. The van der Waals surface area contributed by atoms with Crippen LogP contribution in [0.1, 0.15) is 72.6 Å². The van der Waals surface area contributed by atoms with E-state index in [-0.39, 0.29) is 41.8 Å². The first-order valence-electron chi connectivity index (χ1n) is 10.5. The van der Waals surface area contributed by atoms with Crippen LogP contribution in [0.25, 0.3) is 0 Å². The topological polar surface area (TPSA) is 74.4 Å². The molecule has 4 aliphatic heterocycles. The van der Waals surface area contributed by atoms with E-state index in [0.717, 1.165) is 38.5 Å². The van der Waals surface area contributed by atoms with Crippen LogP contribution in [0.5, 0.6) is 0 Å². The maximum absolute atomic E-state index is 12.7. The highest BCUT2D eigenvalue weighted by Gasteiger charge is 2.57. The van der Waals surface area contributed by atoms with E-state index in [9.17, 15) is 9.59 Å². The maximum atomic E-state index is 12.7. The summed E-state index contributed by atoms with van der Waals surface area (Å²) in [5.74, 6) is -0.551. The largest absolute Gasteiger partial charge is 0.459 e. The van der Waals surface area contributed by atoms with Gasteiger partial charge in [0.05, 0.1) is 17.8 Å². The SMILES string of the molecule is C=C1C(=O)O[C@]2(C)CC[C@@H]1C[C@@H]1O[C@@]1(C)CC[C@H](OC(C)=O)[C@]1(C)CC[C@@H]2O1. The molecular formula is C22H32O6. The van der Waals surface area contributed by atoms with Crippen LogP contribution in [0.4, 0.5) is 0 Å². The van der Waals surface area contributed by atoms with Crippen molar-refractivity contribution in [2.75, 3.05) is 0 Å². The van der Waals surface area contributed by atoms with Crippen molar-refractivity contribution in [1.29, 1.82) is 0 Å². The lowest BCUT2D eigenvalue weighted by Crippen LogP contribution is -2.48. The summed E-state index contributed by atoms with van der Waals surface area (Å²) in [5, 5.41) is 0. The number of hydrogen-bond donors (Lipinski definition) is 0. The number of ether oxygens (including phenoxy) is 4. The number of hydrogen-bond acceptors (Lipinski definition) is 6. The second-order valence-electron chi connectivity index (χ2n) is 9.71. The van der Waals surface area contributed by atoms with Crippen molar-refractivity contribution >= 4 is 11.9 Å². The molecule has 0 aromatic rings. The van der Waals surface area contributed by atoms with Gasteiger partial charge in [0.15, 0.2) is 0 Å². The van der Waals surface area contributed by atoms with Gasteiger partial charge in [-0.1, -0.05) is 6.58 Å². The third-order valence-corrected chi connectivity index (χ3v) is 7.49. The molecule has 4 heterocycles. The summed E-state index contributed by atoms with van der Waals surface area (Å²) in [6, 6.07) is 0. The van der Waals surface area contributed by atoms with Crippen molar-refractivity contribution in [2.45, 2.75) is 108 Å². The van der Waals surface area contributed by atoms with Gasteiger partial charge in [-0.25, -0.2) is 4.79 Å². The minimum atomic E-state index is -0.699. The zero-order chi connectivity index (χ0) is 20.3. The van der Waals surface area contributed by atoms with Gasteiger partial charge in [0.2, 0.25) is 0 Å². The van der Waals surface area contributed by atoms with Gasteiger partial charge in [-0.15, -0.1) is 0 Å². The molecular weight excluding hydrogens is 360 g/mol. The summed E-state index contributed by atoms with van der Waals surface area (Å²) in [5.41, 5.74) is -0.990. The fourth-order valence-corrected chi connectivity index (χ4v) is 5.32. The highest BCUT2D eigenvalue weighted by molar-refractivity contribution is 5.89. The molecule has 4 aliphatic rings. The summed E-state index contributed by atoms with van der Waals surface area (Å²) < 4.78 is 24.2. The number of carbonyl (C=O) groups is 2. The standard InChI is InChI=1S/C22H32O6/c1-13-15-6-9-21(4,28-19(13)24)17-8-11-20(3,26-17)16(25-14(2)23)7-10-22(5)18(12-15)27-22/h15-18H,1,6-12H2,2-5H3/t15-,16+,17+,18+,20+,21-,22+/m1/s1. The molecule has 0 unspecified atom stereocenters. The molecule has 4 saturated heterocycles. The highest BCUT2D eigenvalue weighted by Crippen LogP contribution is 2.50. The Labute approximate surface area is 166 Å². The van der Waals surface area contributed by atoms with Gasteiger partial charge in [0.1, 0.15) is 17.3 Å². The molecule has 0 N–H and O–H groups in total. The average molecular weight is 392 g/mol. The average Bonchev–Trinajstić information content (AvgIpc) is 3.09. The van der Waals surface area contributed by atoms with Gasteiger partial charge in [-0.3, -0.25) is 4.79 Å². The van der Waals surface area contributed by atoms with Crippen LogP contribution in [0, 0.1) is 5.92 Å². The van der Waals surface area contributed by atoms with E-state index in [1.165, 1.54) is 6.92 Å². The molecule has 0 aliphatic carbocycles. The van der Waals surface area contributed by atoms with Crippen molar-refractivity contribution < 1.29 is 28.5 Å². The smallest absolute Gasteiger partial charge is 0.334 e. The molecule has 0 aromatic carbocycles. The third kappa shape index (κ3) is 3.39. The molecule has 0 spiro atoms. The summed E-state index contributed by atoms with van der Waals surface area (Å²) in [7, 11) is 0. The quantitative estimate of drug-likeness (QED) is 0.386. The van der Waals surface area contributed by atoms with Gasteiger partial charge in [0.25, 0.3) is 0 Å². The van der Waals surface area contributed by atoms with Gasteiger partial charge in [-0.05, 0) is 71.6 Å². The van der Waals surface area contributed by atoms with E-state index in [2.05, 4.69) is 13.5 Å². The number of fused-ring (bicyclic) bond motifs is 7. The molecule has 6 heteroatoms. The first kappa shape index (κ1) is 19.9. The van der Waals surface area contributed by atoms with Crippen LogP contribution in [0.2, 0.25) is 0 Å². The maximum Gasteiger partial charge on any atom is 0.334 e. The van der Waals surface area contributed by atoms with Crippen LogP contribution < -0.4 is 0 Å². The molecule has 4 rings (SSSR count). The summed E-state index contributed by atoms with van der Waals surface area (Å²) in [4.78, 5) is 24.5. The lowest BCUT2D eigenvalue weighted by molar-refractivity contribution is -0.195. The van der Waals surface area contributed by atoms with Crippen LogP contribution in [0.3, 0.4) is 0 Å². The van der Waals surface area contributed by atoms with E-state index >= 15 is 0 Å². The van der Waals surface area contributed by atoms with Crippen molar-refractivity contribution in [3.8, 4) is 0 Å². The minimum Gasteiger partial charge on any atom is -0.459 e. The predicted octanol–water partition coefficient (Wildman–Crippen LogP) is 3.47. The molecule has 0 amide bonds. The first-order chi connectivity index (χ1) is 13.0. The molecule has 0 saturated carbocycles. The van der Waals surface area contributed by atoms with Gasteiger partial charge in [-0.2, -0.15) is 0 Å². The lowest BCUT2D eigenvalue weighted by Gasteiger charge is -2.38.